The number of aromatic nitrogens is 2. The molecule has 0 spiro atoms. The third-order valence-electron chi connectivity index (χ3n) is 1.95. The number of nitrogens with zero attached hydrogens (tertiary/aromatic N) is 1. The van der Waals surface area contributed by atoms with Gasteiger partial charge in [0.05, 0.1) is 6.07 Å². The smallest absolute Gasteiger partial charge is 0.254 e. The van der Waals surface area contributed by atoms with E-state index >= 15 is 0 Å². The van der Waals surface area contributed by atoms with Gasteiger partial charge in [0.2, 0.25) is 5.88 Å². The Labute approximate surface area is 94.9 Å². The Kier molecular flexibility index (Phi) is 2.86. The van der Waals surface area contributed by atoms with Crippen molar-refractivity contribution < 1.29 is 13.5 Å². The Morgan fingerprint density at radius 3 is 2.71 bits per heavy atom. The molecule has 0 atom stereocenters. The second-order valence-corrected chi connectivity index (χ2v) is 3.35. The van der Waals surface area contributed by atoms with Crippen LogP contribution in [-0.4, -0.2) is 9.97 Å². The minimum Gasteiger partial charge on any atom is -0.436 e. The fraction of sp³-hybridized carbons (Fsp3) is 0.0909. The summed E-state index contributed by atoms with van der Waals surface area (Å²) >= 11 is 0. The summed E-state index contributed by atoms with van der Waals surface area (Å²) in [6.45, 7) is 1.56. The van der Waals surface area contributed by atoms with Crippen molar-refractivity contribution in [2.45, 2.75) is 6.92 Å². The quantitative estimate of drug-likeness (QED) is 0.872. The van der Waals surface area contributed by atoms with Gasteiger partial charge in [-0.1, -0.05) is 0 Å². The first-order chi connectivity index (χ1) is 8.04. The van der Waals surface area contributed by atoms with Crippen molar-refractivity contribution in [3.8, 4) is 11.6 Å². The largest absolute Gasteiger partial charge is 0.436 e. The van der Waals surface area contributed by atoms with Crippen LogP contribution in [0.1, 0.15) is 5.82 Å². The summed E-state index contributed by atoms with van der Waals surface area (Å²) in [7, 11) is 0. The lowest BCUT2D eigenvalue weighted by Crippen LogP contribution is -2.08. The van der Waals surface area contributed by atoms with E-state index in [0.717, 1.165) is 18.2 Å². The number of benzene rings is 1. The van der Waals surface area contributed by atoms with Crippen molar-refractivity contribution >= 4 is 0 Å². The van der Waals surface area contributed by atoms with Gasteiger partial charge in [-0.2, -0.15) is 0 Å². The Bertz CT molecular complexity index is 611. The molecule has 0 unspecified atom stereocenters. The summed E-state index contributed by atoms with van der Waals surface area (Å²) in [5, 5.41) is 0. The molecule has 1 aromatic heterocycles. The Balaban J connectivity index is 2.34. The highest BCUT2D eigenvalue weighted by atomic mass is 19.1. The average Bonchev–Trinajstić information content (AvgIpc) is 2.21. The molecule has 17 heavy (non-hydrogen) atoms. The third kappa shape index (κ3) is 2.66. The van der Waals surface area contributed by atoms with E-state index in [4.69, 9.17) is 4.74 Å². The molecule has 0 bridgehead atoms. The number of ether oxygens (including phenoxy) is 1. The maximum Gasteiger partial charge on any atom is 0.254 e. The first-order valence-corrected chi connectivity index (χ1v) is 4.75. The van der Waals surface area contributed by atoms with E-state index < -0.39 is 17.2 Å². The molecule has 0 saturated heterocycles. The van der Waals surface area contributed by atoms with Gasteiger partial charge >= 0.3 is 0 Å². The van der Waals surface area contributed by atoms with Crippen molar-refractivity contribution in [1.29, 1.82) is 0 Å². The summed E-state index contributed by atoms with van der Waals surface area (Å²) in [6, 6.07) is 3.95. The number of halogens is 2. The standard InChI is InChI=1S/C11H8F2N2O2/c1-6-14-10(16)5-11(15-6)17-9-3-2-7(12)4-8(9)13/h2-5H,1H3,(H,14,15,16). The number of rotatable bonds is 2. The zero-order valence-corrected chi connectivity index (χ0v) is 8.83. The number of hydrogen-bond acceptors (Lipinski definition) is 3. The van der Waals surface area contributed by atoms with Crippen LogP contribution in [0.25, 0.3) is 0 Å². The summed E-state index contributed by atoms with van der Waals surface area (Å²) in [5.74, 6) is -1.45. The molecule has 0 aliphatic carbocycles. The highest BCUT2D eigenvalue weighted by molar-refractivity contribution is 5.28. The lowest BCUT2D eigenvalue weighted by molar-refractivity contribution is 0.421. The van der Waals surface area contributed by atoms with E-state index in [1.807, 2.05) is 0 Å². The SMILES string of the molecule is Cc1nc(Oc2ccc(F)cc2F)cc(=O)[nH]1. The number of hydrogen-bond donors (Lipinski definition) is 1. The molecule has 2 aromatic rings. The summed E-state index contributed by atoms with van der Waals surface area (Å²) in [6.07, 6.45) is 0. The van der Waals surface area contributed by atoms with Crippen LogP contribution in [0.2, 0.25) is 0 Å². The summed E-state index contributed by atoms with van der Waals surface area (Å²) in [5.41, 5.74) is -0.407. The van der Waals surface area contributed by atoms with Gasteiger partial charge in [0, 0.05) is 6.07 Å². The van der Waals surface area contributed by atoms with Crippen LogP contribution in [-0.2, 0) is 0 Å². The molecule has 1 N–H and O–H groups in total. The van der Waals surface area contributed by atoms with Crippen molar-refractivity contribution in [3.05, 3.63) is 52.1 Å². The van der Waals surface area contributed by atoms with E-state index in [-0.39, 0.29) is 11.6 Å². The normalized spacial score (nSPS) is 10.3. The Morgan fingerprint density at radius 1 is 1.29 bits per heavy atom. The van der Waals surface area contributed by atoms with Crippen LogP contribution in [0.4, 0.5) is 8.78 Å². The molecular weight excluding hydrogens is 230 g/mol. The van der Waals surface area contributed by atoms with Crippen molar-refractivity contribution in [3.63, 3.8) is 0 Å². The second-order valence-electron chi connectivity index (χ2n) is 3.35. The molecule has 4 nitrogen and oxygen atoms in total. The van der Waals surface area contributed by atoms with Gasteiger partial charge in [0.1, 0.15) is 11.6 Å². The molecule has 0 amide bonds. The van der Waals surface area contributed by atoms with Gasteiger partial charge in [-0.3, -0.25) is 4.79 Å². The van der Waals surface area contributed by atoms with Gasteiger partial charge in [0.15, 0.2) is 11.6 Å². The molecule has 88 valence electrons. The molecule has 0 saturated carbocycles. The number of aromatic amines is 1. The van der Waals surface area contributed by atoms with Crippen molar-refractivity contribution in [2.24, 2.45) is 0 Å². The molecule has 6 heteroatoms. The number of nitrogens with one attached hydrogen (secondary N) is 1. The minimum absolute atomic E-state index is 0.0447. The Hall–Kier alpha value is -2.24. The monoisotopic (exact) mass is 238 g/mol. The third-order valence-corrected chi connectivity index (χ3v) is 1.95. The maximum atomic E-state index is 13.3. The topological polar surface area (TPSA) is 55.0 Å². The highest BCUT2D eigenvalue weighted by Gasteiger charge is 2.07. The fourth-order valence-electron chi connectivity index (χ4n) is 1.27. The molecule has 0 radical (unpaired) electrons. The van der Waals surface area contributed by atoms with Gasteiger partial charge in [-0.25, -0.2) is 13.8 Å². The van der Waals surface area contributed by atoms with E-state index in [9.17, 15) is 13.6 Å². The van der Waals surface area contributed by atoms with Crippen molar-refractivity contribution in [2.75, 3.05) is 0 Å². The van der Waals surface area contributed by atoms with Crippen molar-refractivity contribution in [1.82, 2.24) is 9.97 Å². The van der Waals surface area contributed by atoms with E-state index in [0.29, 0.717) is 11.9 Å². The molecule has 0 aliphatic heterocycles. The number of H-pyrrole nitrogens is 1. The molecule has 0 aliphatic rings. The molecule has 2 rings (SSSR count). The first-order valence-electron chi connectivity index (χ1n) is 4.75. The molecule has 1 aromatic carbocycles. The lowest BCUT2D eigenvalue weighted by Gasteiger charge is -2.05. The number of aryl methyl sites for hydroxylation is 1. The first kappa shape index (κ1) is 11.3. The predicted octanol–water partition coefficient (Wildman–Crippen LogP) is 2.15. The van der Waals surface area contributed by atoms with E-state index in [1.165, 1.54) is 0 Å². The predicted molar refractivity (Wildman–Crippen MR) is 56.0 cm³/mol. The van der Waals surface area contributed by atoms with Crippen LogP contribution in [0.15, 0.2) is 29.1 Å². The summed E-state index contributed by atoms with van der Waals surface area (Å²) < 4.78 is 31.0. The van der Waals surface area contributed by atoms with Crippen LogP contribution >= 0.6 is 0 Å². The fourth-order valence-corrected chi connectivity index (χ4v) is 1.27. The van der Waals surface area contributed by atoms with Crippen LogP contribution in [0.3, 0.4) is 0 Å². The van der Waals surface area contributed by atoms with Crippen LogP contribution in [0.5, 0.6) is 11.6 Å². The molecule has 1 heterocycles. The van der Waals surface area contributed by atoms with Gasteiger partial charge < -0.3 is 9.72 Å². The van der Waals surface area contributed by atoms with E-state index in [1.54, 1.807) is 6.92 Å². The maximum absolute atomic E-state index is 13.3. The van der Waals surface area contributed by atoms with Gasteiger partial charge in [-0.05, 0) is 19.1 Å². The van der Waals surface area contributed by atoms with Gasteiger partial charge in [0.25, 0.3) is 5.56 Å². The highest BCUT2D eigenvalue weighted by Crippen LogP contribution is 2.22. The zero-order chi connectivity index (χ0) is 12.4. The Morgan fingerprint density at radius 2 is 2.06 bits per heavy atom. The lowest BCUT2D eigenvalue weighted by atomic mass is 10.3. The molecular formula is C11H8F2N2O2. The average molecular weight is 238 g/mol. The van der Waals surface area contributed by atoms with Crippen LogP contribution in [0, 0.1) is 18.6 Å². The van der Waals surface area contributed by atoms with Gasteiger partial charge in [-0.15, -0.1) is 0 Å². The van der Waals surface area contributed by atoms with Crippen LogP contribution < -0.4 is 10.3 Å². The summed E-state index contributed by atoms with van der Waals surface area (Å²) in [4.78, 5) is 17.4. The molecule has 0 fully saturated rings. The minimum atomic E-state index is -0.857. The second kappa shape index (κ2) is 4.32. The van der Waals surface area contributed by atoms with E-state index in [2.05, 4.69) is 9.97 Å². The zero-order valence-electron chi connectivity index (χ0n) is 8.83.